The summed E-state index contributed by atoms with van der Waals surface area (Å²) in [5.41, 5.74) is 27.4. The predicted molar refractivity (Wildman–Crippen MR) is 310 cm³/mol. The van der Waals surface area contributed by atoms with Gasteiger partial charge in [0.05, 0.1) is 45.1 Å². The Balaban J connectivity index is 1.19. The lowest BCUT2D eigenvalue weighted by Crippen LogP contribution is -2.05. The Morgan fingerprint density at radius 1 is 0.270 bits per heavy atom. The molecule has 0 atom stereocenters. The number of aromatic nitrogens is 2. The van der Waals surface area contributed by atoms with Gasteiger partial charge in [0.2, 0.25) is 0 Å². The first-order valence-corrected chi connectivity index (χ1v) is 25.4. The fourth-order valence-electron chi connectivity index (χ4n) is 11.9. The molecule has 0 aliphatic rings. The van der Waals surface area contributed by atoms with Crippen LogP contribution in [0.25, 0.3) is 111 Å². The number of nitriles is 2. The molecule has 0 amide bonds. The summed E-state index contributed by atoms with van der Waals surface area (Å²) in [6.45, 7) is 17.2. The Morgan fingerprint density at radius 2 is 0.554 bits per heavy atom. The van der Waals surface area contributed by atoms with Gasteiger partial charge in [-0.05, 0) is 184 Å². The van der Waals surface area contributed by atoms with Crippen molar-refractivity contribution in [1.29, 1.82) is 10.5 Å². The van der Waals surface area contributed by atoms with Crippen molar-refractivity contribution < 1.29 is 0 Å². The molecule has 0 unspecified atom stereocenters. The van der Waals surface area contributed by atoms with Crippen molar-refractivity contribution in [3.8, 4) is 79.1 Å². The molecule has 0 saturated heterocycles. The van der Waals surface area contributed by atoms with E-state index in [1.54, 1.807) is 0 Å². The first-order chi connectivity index (χ1) is 35.8. The molecule has 0 saturated carbocycles. The van der Waals surface area contributed by atoms with Gasteiger partial charge in [-0.25, -0.2) is 0 Å². The summed E-state index contributed by atoms with van der Waals surface area (Å²) in [4.78, 5) is 0. The molecule has 74 heavy (non-hydrogen) atoms. The van der Waals surface area contributed by atoms with Crippen LogP contribution in [0.5, 0.6) is 0 Å². The summed E-state index contributed by atoms with van der Waals surface area (Å²) in [7, 11) is 0. The molecule has 0 aliphatic carbocycles. The first kappa shape index (κ1) is 45.9. The van der Waals surface area contributed by atoms with Gasteiger partial charge in [-0.15, -0.1) is 0 Å². The van der Waals surface area contributed by atoms with Crippen LogP contribution < -0.4 is 0 Å². The molecule has 4 heteroatoms. The number of hydrogen-bond donors (Lipinski definition) is 0. The number of rotatable bonds is 7. The van der Waals surface area contributed by atoms with Crippen LogP contribution in [0.15, 0.2) is 182 Å². The number of fused-ring (bicyclic) bond motifs is 6. The molecule has 0 bridgehead atoms. The van der Waals surface area contributed by atoms with Crippen LogP contribution in [0.4, 0.5) is 0 Å². The number of aryl methyl sites for hydroxylation is 8. The molecule has 0 aliphatic heterocycles. The van der Waals surface area contributed by atoms with E-state index in [0.29, 0.717) is 11.1 Å². The average molecular weight is 951 g/mol. The first-order valence-electron chi connectivity index (χ1n) is 25.4. The van der Waals surface area contributed by atoms with Crippen LogP contribution in [0.2, 0.25) is 0 Å². The molecule has 12 aromatic rings. The Labute approximate surface area is 433 Å². The van der Waals surface area contributed by atoms with E-state index >= 15 is 0 Å². The van der Waals surface area contributed by atoms with Gasteiger partial charge in [0, 0.05) is 21.5 Å². The van der Waals surface area contributed by atoms with E-state index in [9.17, 15) is 10.5 Å². The second kappa shape index (κ2) is 17.8. The normalized spacial score (nSPS) is 11.5. The Hall–Kier alpha value is -9.22. The minimum absolute atomic E-state index is 0.538. The Kier molecular flexibility index (Phi) is 11.0. The Bertz CT molecular complexity index is 3880. The fourth-order valence-corrected chi connectivity index (χ4v) is 11.9. The number of hydrogen-bond acceptors (Lipinski definition) is 2. The lowest BCUT2D eigenvalue weighted by atomic mass is 9.97. The molecule has 0 N–H and O–H groups in total. The van der Waals surface area contributed by atoms with Crippen LogP contribution in [-0.4, -0.2) is 9.13 Å². The van der Waals surface area contributed by atoms with Crippen molar-refractivity contribution in [2.75, 3.05) is 0 Å². The van der Waals surface area contributed by atoms with E-state index in [-0.39, 0.29) is 0 Å². The zero-order valence-electron chi connectivity index (χ0n) is 43.1. The second-order valence-electron chi connectivity index (χ2n) is 20.8. The maximum atomic E-state index is 11.9. The highest BCUT2D eigenvalue weighted by atomic mass is 15.0. The maximum absolute atomic E-state index is 11.9. The lowest BCUT2D eigenvalue weighted by Gasteiger charge is -2.19. The maximum Gasteiger partial charge on any atom is 0.104 e. The van der Waals surface area contributed by atoms with E-state index in [2.05, 4.69) is 240 Å². The van der Waals surface area contributed by atoms with E-state index in [1.807, 2.05) is 18.2 Å². The molecule has 354 valence electrons. The van der Waals surface area contributed by atoms with Gasteiger partial charge in [0.25, 0.3) is 0 Å². The van der Waals surface area contributed by atoms with Gasteiger partial charge in [-0.1, -0.05) is 154 Å². The number of nitrogens with zero attached hydrogens (tertiary/aromatic N) is 4. The monoisotopic (exact) mass is 950 g/mol. The van der Waals surface area contributed by atoms with Gasteiger partial charge in [-0.3, -0.25) is 0 Å². The SMILES string of the molecule is Cc1cc(C)cc(-c2ccc3c(c2)c2cc(-c4cc(C)cc(C)c4)ccc2n3-c2cc(-c3cccc(C#N)c3)cc(-n3c4ccc(-c5cc(C)cc(C)c5)cc4c4cc(-c5cc(C)cc(C)c5)ccc43)c2C#N)c1. The van der Waals surface area contributed by atoms with Gasteiger partial charge in [-0.2, -0.15) is 10.5 Å². The smallest absolute Gasteiger partial charge is 0.104 e. The van der Waals surface area contributed by atoms with Crippen LogP contribution >= 0.6 is 0 Å². The summed E-state index contributed by atoms with van der Waals surface area (Å²) in [6.07, 6.45) is 0. The fraction of sp³-hybridized carbons (Fsp3) is 0.114. The van der Waals surface area contributed by atoms with E-state index in [4.69, 9.17) is 0 Å². The van der Waals surface area contributed by atoms with E-state index < -0.39 is 0 Å². The Morgan fingerprint density at radius 3 is 0.838 bits per heavy atom. The van der Waals surface area contributed by atoms with Gasteiger partial charge < -0.3 is 9.13 Å². The molecule has 2 heterocycles. The minimum Gasteiger partial charge on any atom is -0.308 e. The van der Waals surface area contributed by atoms with Gasteiger partial charge in [0.15, 0.2) is 0 Å². The molecule has 0 spiro atoms. The second-order valence-corrected chi connectivity index (χ2v) is 20.8. The zero-order valence-corrected chi connectivity index (χ0v) is 43.1. The van der Waals surface area contributed by atoms with Crippen molar-refractivity contribution in [1.82, 2.24) is 9.13 Å². The van der Waals surface area contributed by atoms with Crippen molar-refractivity contribution in [3.05, 3.63) is 238 Å². The number of benzene rings is 10. The van der Waals surface area contributed by atoms with Crippen LogP contribution in [0.1, 0.15) is 55.6 Å². The summed E-state index contributed by atoms with van der Waals surface area (Å²) in [5, 5.41) is 26.5. The summed E-state index contributed by atoms with van der Waals surface area (Å²) < 4.78 is 4.59. The minimum atomic E-state index is 0.538. The lowest BCUT2D eigenvalue weighted by molar-refractivity contribution is 1.12. The quantitative estimate of drug-likeness (QED) is 0.160. The van der Waals surface area contributed by atoms with E-state index in [0.717, 1.165) is 88.4 Å². The van der Waals surface area contributed by atoms with Crippen molar-refractivity contribution in [2.45, 2.75) is 55.4 Å². The van der Waals surface area contributed by atoms with Gasteiger partial charge in [0.1, 0.15) is 11.6 Å². The third kappa shape index (κ3) is 8.03. The summed E-state index contributed by atoms with van der Waals surface area (Å²) in [5.74, 6) is 0. The molecule has 4 nitrogen and oxygen atoms in total. The largest absolute Gasteiger partial charge is 0.308 e. The van der Waals surface area contributed by atoms with Crippen molar-refractivity contribution in [3.63, 3.8) is 0 Å². The highest BCUT2D eigenvalue weighted by Crippen LogP contribution is 2.44. The molecule has 0 radical (unpaired) electrons. The molecule has 2 aromatic heterocycles. The average Bonchev–Trinajstić information content (AvgIpc) is 3.92. The van der Waals surface area contributed by atoms with Crippen molar-refractivity contribution >= 4 is 43.6 Å². The summed E-state index contributed by atoms with van der Waals surface area (Å²) >= 11 is 0. The van der Waals surface area contributed by atoms with Crippen molar-refractivity contribution in [2.24, 2.45) is 0 Å². The molecule has 12 rings (SSSR count). The third-order valence-electron chi connectivity index (χ3n) is 14.8. The zero-order chi connectivity index (χ0) is 51.1. The van der Waals surface area contributed by atoms with E-state index in [1.165, 1.54) is 66.8 Å². The highest BCUT2D eigenvalue weighted by molar-refractivity contribution is 6.14. The highest BCUT2D eigenvalue weighted by Gasteiger charge is 2.24. The van der Waals surface area contributed by atoms with Crippen LogP contribution in [0.3, 0.4) is 0 Å². The molecule has 10 aromatic carbocycles. The van der Waals surface area contributed by atoms with Crippen LogP contribution in [0, 0.1) is 78.1 Å². The summed E-state index contributed by atoms with van der Waals surface area (Å²) in [6, 6.07) is 71.3. The van der Waals surface area contributed by atoms with Gasteiger partial charge >= 0.3 is 0 Å². The molecular weight excluding hydrogens is 897 g/mol. The molecular formula is C70H54N4. The topological polar surface area (TPSA) is 57.4 Å². The molecule has 0 fully saturated rings. The predicted octanol–water partition coefficient (Wildman–Crippen LogP) is 18.4. The third-order valence-corrected chi connectivity index (χ3v) is 14.8. The standard InChI is InChI=1S/C70H54N4/c1-41-20-42(2)25-55(24-41)51-12-16-65-60(33-51)61-34-52(56-26-43(3)21-44(4)27-56)13-17-66(61)73(65)69-37-59(50-11-9-10-49(32-50)39-71)38-70(64(69)40-72)74-67-18-14-53(57-28-45(5)22-46(6)29-57)35-62(67)63-36-54(15-19-68(63)74)58-30-47(7)23-48(8)31-58/h9-38H,1-8H3. The van der Waals surface area contributed by atoms with Crippen LogP contribution in [-0.2, 0) is 0 Å².